The number of aliphatic hydroxyl groups is 2. The van der Waals surface area contributed by atoms with Gasteiger partial charge in [-0.15, -0.1) is 0 Å². The van der Waals surface area contributed by atoms with Gasteiger partial charge in [0.1, 0.15) is 0 Å². The second-order valence-electron chi connectivity index (χ2n) is 5.58. The molecule has 0 saturated carbocycles. The molecule has 0 aliphatic heterocycles. The predicted molar refractivity (Wildman–Crippen MR) is 85.6 cm³/mol. The fraction of sp³-hybridized carbons (Fsp3) is 0.733. The Hall–Kier alpha value is -2.20. The van der Waals surface area contributed by atoms with Crippen LogP contribution in [0.1, 0.15) is 44.9 Å². The van der Waals surface area contributed by atoms with Crippen LogP contribution in [0.2, 0.25) is 0 Å². The molecule has 0 spiro atoms. The van der Waals surface area contributed by atoms with Crippen LogP contribution in [-0.2, 0) is 19.2 Å². The van der Waals surface area contributed by atoms with Gasteiger partial charge in [-0.2, -0.15) is 0 Å². The van der Waals surface area contributed by atoms with Crippen LogP contribution in [0.25, 0.3) is 0 Å². The standard InChI is InChI=1S/C15H26N2O8/c18-10(14(22)23)8-16-12(20)6-4-2-1-3-5-7-13(21)17-9-11(19)15(24)25/h10-11,18-19H,1-9H2,(H,16,20)(H,17,21)(H,22,23)(H,24,25). The molecule has 0 aliphatic carbocycles. The van der Waals surface area contributed by atoms with Crippen LogP contribution in [0.4, 0.5) is 0 Å². The van der Waals surface area contributed by atoms with Crippen molar-refractivity contribution in [3.05, 3.63) is 0 Å². The van der Waals surface area contributed by atoms with E-state index in [9.17, 15) is 19.2 Å². The number of carboxylic acid groups (broad SMARTS) is 2. The van der Waals surface area contributed by atoms with Crippen molar-refractivity contribution in [3.63, 3.8) is 0 Å². The van der Waals surface area contributed by atoms with Crippen molar-refractivity contribution in [1.29, 1.82) is 0 Å². The molecule has 0 rings (SSSR count). The van der Waals surface area contributed by atoms with Gasteiger partial charge in [-0.1, -0.05) is 19.3 Å². The number of aliphatic hydroxyl groups excluding tert-OH is 2. The Labute approximate surface area is 145 Å². The van der Waals surface area contributed by atoms with Crippen molar-refractivity contribution >= 4 is 23.8 Å². The lowest BCUT2D eigenvalue weighted by molar-refractivity contribution is -0.147. The Balaban J connectivity index is 3.52. The number of aliphatic carboxylic acids is 2. The zero-order chi connectivity index (χ0) is 19.2. The summed E-state index contributed by atoms with van der Waals surface area (Å²) < 4.78 is 0. The number of amides is 2. The van der Waals surface area contributed by atoms with Crippen molar-refractivity contribution < 1.29 is 39.6 Å². The number of rotatable bonds is 14. The number of nitrogens with one attached hydrogen (secondary N) is 2. The van der Waals surface area contributed by atoms with Gasteiger partial charge in [0.05, 0.1) is 13.1 Å². The lowest BCUT2D eigenvalue weighted by Gasteiger charge is -2.08. The molecule has 0 aromatic carbocycles. The fourth-order valence-corrected chi connectivity index (χ4v) is 1.87. The Bertz CT molecular complexity index is 415. The van der Waals surface area contributed by atoms with Gasteiger partial charge in [-0.05, 0) is 12.8 Å². The summed E-state index contributed by atoms with van der Waals surface area (Å²) in [5.41, 5.74) is 0. The predicted octanol–water partition coefficient (Wildman–Crippen LogP) is -1.16. The maximum absolute atomic E-state index is 11.4. The molecule has 0 aromatic rings. The van der Waals surface area contributed by atoms with Crippen molar-refractivity contribution in [3.8, 4) is 0 Å². The van der Waals surface area contributed by atoms with Crippen LogP contribution >= 0.6 is 0 Å². The van der Waals surface area contributed by atoms with E-state index < -0.39 is 24.1 Å². The number of unbranched alkanes of at least 4 members (excludes halogenated alkanes) is 4. The number of carbonyl (C=O) groups excluding carboxylic acids is 2. The van der Waals surface area contributed by atoms with Crippen LogP contribution in [-0.4, -0.2) is 69.5 Å². The minimum atomic E-state index is -1.60. The van der Waals surface area contributed by atoms with E-state index in [0.29, 0.717) is 12.8 Å². The molecular formula is C15H26N2O8. The summed E-state index contributed by atoms with van der Waals surface area (Å²) in [6.45, 7) is -0.639. The van der Waals surface area contributed by atoms with Gasteiger partial charge in [0.15, 0.2) is 12.2 Å². The molecule has 0 heterocycles. The third-order valence-electron chi connectivity index (χ3n) is 3.36. The molecule has 0 aliphatic rings. The molecule has 0 bridgehead atoms. The van der Waals surface area contributed by atoms with Crippen LogP contribution in [0.15, 0.2) is 0 Å². The average Bonchev–Trinajstić information content (AvgIpc) is 2.56. The number of carboxylic acids is 2. The van der Waals surface area contributed by atoms with Crippen LogP contribution in [0, 0.1) is 0 Å². The van der Waals surface area contributed by atoms with Gasteiger partial charge >= 0.3 is 11.9 Å². The topological polar surface area (TPSA) is 173 Å². The van der Waals surface area contributed by atoms with Gasteiger partial charge < -0.3 is 31.1 Å². The van der Waals surface area contributed by atoms with Crippen LogP contribution < -0.4 is 10.6 Å². The van der Waals surface area contributed by atoms with Crippen LogP contribution in [0.3, 0.4) is 0 Å². The highest BCUT2D eigenvalue weighted by atomic mass is 16.4. The zero-order valence-corrected chi connectivity index (χ0v) is 13.9. The maximum atomic E-state index is 11.4. The minimum Gasteiger partial charge on any atom is -0.479 e. The maximum Gasteiger partial charge on any atom is 0.334 e. The van der Waals surface area contributed by atoms with E-state index in [-0.39, 0.29) is 37.7 Å². The van der Waals surface area contributed by atoms with E-state index in [4.69, 9.17) is 20.4 Å². The third-order valence-corrected chi connectivity index (χ3v) is 3.36. The van der Waals surface area contributed by atoms with E-state index in [1.807, 2.05) is 0 Å². The molecule has 10 heteroatoms. The Morgan fingerprint density at radius 1 is 0.640 bits per heavy atom. The highest BCUT2D eigenvalue weighted by Gasteiger charge is 2.14. The van der Waals surface area contributed by atoms with Crippen molar-refractivity contribution in [2.75, 3.05) is 13.1 Å². The molecule has 2 unspecified atom stereocenters. The average molecular weight is 362 g/mol. The first kappa shape index (κ1) is 22.8. The summed E-state index contributed by atoms with van der Waals surface area (Å²) in [6, 6.07) is 0. The molecule has 6 N–H and O–H groups in total. The molecular weight excluding hydrogens is 336 g/mol. The van der Waals surface area contributed by atoms with E-state index in [0.717, 1.165) is 19.3 Å². The smallest absolute Gasteiger partial charge is 0.334 e. The lowest BCUT2D eigenvalue weighted by Crippen LogP contribution is -2.36. The number of carbonyl (C=O) groups is 4. The van der Waals surface area contributed by atoms with E-state index in [2.05, 4.69) is 10.6 Å². The van der Waals surface area contributed by atoms with Gasteiger partial charge in [-0.3, -0.25) is 9.59 Å². The Morgan fingerprint density at radius 3 is 1.28 bits per heavy atom. The normalized spacial score (nSPS) is 12.9. The monoisotopic (exact) mass is 362 g/mol. The zero-order valence-electron chi connectivity index (χ0n) is 13.9. The first-order valence-corrected chi connectivity index (χ1v) is 8.09. The van der Waals surface area contributed by atoms with Crippen molar-refractivity contribution in [2.45, 2.75) is 57.2 Å². The van der Waals surface area contributed by atoms with Crippen LogP contribution in [0.5, 0.6) is 0 Å². The molecule has 0 fully saturated rings. The van der Waals surface area contributed by atoms with E-state index in [1.165, 1.54) is 0 Å². The highest BCUT2D eigenvalue weighted by molar-refractivity contribution is 5.78. The lowest BCUT2D eigenvalue weighted by atomic mass is 10.1. The molecule has 25 heavy (non-hydrogen) atoms. The first-order valence-electron chi connectivity index (χ1n) is 8.09. The quantitative estimate of drug-likeness (QED) is 0.210. The summed E-state index contributed by atoms with van der Waals surface area (Å²) in [5.74, 6) is -3.42. The molecule has 0 saturated heterocycles. The van der Waals surface area contributed by atoms with Gasteiger partial charge in [-0.25, -0.2) is 9.59 Å². The summed E-state index contributed by atoms with van der Waals surface area (Å²) in [6.07, 6.45) is 0.856. The molecule has 0 aromatic heterocycles. The second-order valence-corrected chi connectivity index (χ2v) is 5.58. The first-order chi connectivity index (χ1) is 11.7. The van der Waals surface area contributed by atoms with Gasteiger partial charge in [0.25, 0.3) is 0 Å². The minimum absolute atomic E-state index is 0.236. The van der Waals surface area contributed by atoms with Gasteiger partial charge in [0, 0.05) is 12.8 Å². The number of hydrogen-bond acceptors (Lipinski definition) is 6. The molecule has 2 atom stereocenters. The summed E-state index contributed by atoms with van der Waals surface area (Å²) >= 11 is 0. The highest BCUT2D eigenvalue weighted by Crippen LogP contribution is 2.07. The van der Waals surface area contributed by atoms with E-state index in [1.54, 1.807) is 0 Å². The SMILES string of the molecule is O=C(CCCCCCCC(=O)NCC(O)C(=O)O)NCC(O)C(=O)O. The Kier molecular flexibility index (Phi) is 12.0. The largest absolute Gasteiger partial charge is 0.479 e. The van der Waals surface area contributed by atoms with E-state index >= 15 is 0 Å². The second kappa shape index (κ2) is 13.1. The molecule has 0 radical (unpaired) electrons. The summed E-state index contributed by atoms with van der Waals surface area (Å²) in [4.78, 5) is 43.5. The van der Waals surface area contributed by atoms with Crippen molar-refractivity contribution in [2.24, 2.45) is 0 Å². The van der Waals surface area contributed by atoms with Gasteiger partial charge in [0.2, 0.25) is 11.8 Å². The Morgan fingerprint density at radius 2 is 0.960 bits per heavy atom. The summed E-state index contributed by atoms with van der Waals surface area (Å²) in [5, 5.41) is 39.5. The summed E-state index contributed by atoms with van der Waals surface area (Å²) in [7, 11) is 0. The molecule has 10 nitrogen and oxygen atoms in total. The van der Waals surface area contributed by atoms with Crippen molar-refractivity contribution in [1.82, 2.24) is 10.6 Å². The molecule has 144 valence electrons. The number of hydrogen-bond donors (Lipinski definition) is 6. The third kappa shape index (κ3) is 12.8. The molecule has 2 amide bonds. The fourth-order valence-electron chi connectivity index (χ4n) is 1.87.